The van der Waals surface area contributed by atoms with Gasteiger partial charge < -0.3 is 26.2 Å². The van der Waals surface area contributed by atoms with Crippen LogP contribution >= 0.6 is 0 Å². The molecule has 1 saturated heterocycles. The molecule has 1 unspecified atom stereocenters. The Hall–Kier alpha value is -2.25. The second-order valence-corrected chi connectivity index (χ2v) is 4.54. The number of carbonyl (C=O) groups excluding carboxylic acids is 1. The van der Waals surface area contributed by atoms with Gasteiger partial charge in [0.2, 0.25) is 0 Å². The molecule has 1 fully saturated rings. The minimum atomic E-state index is -5.08. The number of halogens is 6. The van der Waals surface area contributed by atoms with Gasteiger partial charge in [-0.25, -0.2) is 14.4 Å². The number of primary amides is 1. The second-order valence-electron chi connectivity index (χ2n) is 4.54. The molecule has 2 amide bonds. The summed E-state index contributed by atoms with van der Waals surface area (Å²) >= 11 is 0. The van der Waals surface area contributed by atoms with Crippen LogP contribution in [0.3, 0.4) is 0 Å². The van der Waals surface area contributed by atoms with E-state index in [1.807, 2.05) is 6.92 Å². The van der Waals surface area contributed by atoms with Gasteiger partial charge in [-0.15, -0.1) is 0 Å². The van der Waals surface area contributed by atoms with Gasteiger partial charge in [0, 0.05) is 19.1 Å². The molecule has 0 radical (unpaired) electrons. The smallest absolute Gasteiger partial charge is 0.475 e. The predicted octanol–water partition coefficient (Wildman–Crippen LogP) is 1.02. The van der Waals surface area contributed by atoms with Crippen LogP contribution in [0.4, 0.5) is 31.1 Å². The number of hydrogen-bond donors (Lipinski definition) is 4. The average molecular weight is 385 g/mol. The van der Waals surface area contributed by atoms with Crippen molar-refractivity contribution in [2.75, 3.05) is 19.6 Å². The molecule has 0 bridgehead atoms. The Kier molecular flexibility index (Phi) is 10.6. The van der Waals surface area contributed by atoms with Crippen molar-refractivity contribution >= 4 is 18.0 Å². The van der Waals surface area contributed by atoms with Gasteiger partial charge in [-0.3, -0.25) is 0 Å². The number of hydrogen-bond acceptors (Lipinski definition) is 4. The highest BCUT2D eigenvalue weighted by atomic mass is 19.4. The quantitative estimate of drug-likeness (QED) is 0.460. The maximum absolute atomic E-state index is 10.8. The van der Waals surface area contributed by atoms with Crippen molar-refractivity contribution in [3.63, 3.8) is 0 Å². The van der Waals surface area contributed by atoms with Gasteiger partial charge in [-0.1, -0.05) is 0 Å². The molecular formula is C11H17F6N3O5. The molecule has 148 valence electrons. The number of nitrogens with two attached hydrogens (primary N) is 1. The highest BCUT2D eigenvalue weighted by Crippen LogP contribution is 2.13. The van der Waals surface area contributed by atoms with Crippen LogP contribution in [0.15, 0.2) is 0 Å². The molecule has 1 rings (SSSR count). The summed E-state index contributed by atoms with van der Waals surface area (Å²) in [6.45, 7) is 4.61. The van der Waals surface area contributed by atoms with Crippen molar-refractivity contribution in [3.05, 3.63) is 0 Å². The van der Waals surface area contributed by atoms with Crippen molar-refractivity contribution < 1.29 is 50.9 Å². The molecular weight excluding hydrogens is 368 g/mol. The van der Waals surface area contributed by atoms with E-state index in [1.165, 1.54) is 0 Å². The largest absolute Gasteiger partial charge is 0.490 e. The Morgan fingerprint density at radius 1 is 1.04 bits per heavy atom. The summed E-state index contributed by atoms with van der Waals surface area (Å²) in [4.78, 5) is 30.3. The van der Waals surface area contributed by atoms with E-state index in [4.69, 9.17) is 25.5 Å². The van der Waals surface area contributed by atoms with Gasteiger partial charge in [-0.2, -0.15) is 26.3 Å². The summed E-state index contributed by atoms with van der Waals surface area (Å²) in [6, 6.07) is -0.0730. The lowest BCUT2D eigenvalue weighted by molar-refractivity contribution is -0.193. The van der Waals surface area contributed by atoms with Crippen LogP contribution in [0.2, 0.25) is 0 Å². The number of nitrogens with one attached hydrogen (secondary N) is 1. The van der Waals surface area contributed by atoms with Gasteiger partial charge in [-0.05, 0) is 19.9 Å². The molecule has 0 aromatic rings. The first-order chi connectivity index (χ1) is 11.1. The zero-order valence-corrected chi connectivity index (χ0v) is 12.8. The van der Waals surface area contributed by atoms with Crippen LogP contribution in [0, 0.1) is 0 Å². The average Bonchev–Trinajstić information content (AvgIpc) is 2.62. The molecule has 0 aromatic carbocycles. The standard InChI is InChI=1S/C7H15N3O.2C2HF3O2/c1-6-5-9-3-2-4-10(6)7(8)11;2*3-2(4,5)1(6)7/h6,9H,2-5H2,1H3,(H2,8,11);2*(H,6,7). The Morgan fingerprint density at radius 2 is 1.40 bits per heavy atom. The third-order valence-electron chi connectivity index (χ3n) is 2.49. The van der Waals surface area contributed by atoms with Crippen LogP contribution in [0.25, 0.3) is 0 Å². The summed E-state index contributed by atoms with van der Waals surface area (Å²) in [5, 5.41) is 17.5. The Morgan fingerprint density at radius 3 is 1.68 bits per heavy atom. The number of alkyl halides is 6. The SMILES string of the molecule is CC1CNCCCN1C(N)=O.O=C(O)C(F)(F)F.O=C(O)C(F)(F)F. The number of carbonyl (C=O) groups is 3. The first kappa shape index (κ1) is 25.0. The summed E-state index contributed by atoms with van der Waals surface area (Å²) in [7, 11) is 0. The van der Waals surface area contributed by atoms with Crippen molar-refractivity contribution in [1.29, 1.82) is 0 Å². The Balaban J connectivity index is 0. The topological polar surface area (TPSA) is 133 Å². The first-order valence-electron chi connectivity index (χ1n) is 6.47. The number of rotatable bonds is 0. The molecule has 25 heavy (non-hydrogen) atoms. The normalized spacial score (nSPS) is 17.9. The number of nitrogens with zero attached hydrogens (tertiary/aromatic N) is 1. The first-order valence-corrected chi connectivity index (χ1v) is 6.47. The third kappa shape index (κ3) is 12.8. The summed E-state index contributed by atoms with van der Waals surface area (Å²) in [6.07, 6.45) is -9.17. The maximum atomic E-state index is 10.8. The molecule has 5 N–H and O–H groups in total. The minimum absolute atomic E-state index is 0.231. The Bertz CT molecular complexity index is 430. The van der Waals surface area contributed by atoms with Crippen LogP contribution in [-0.2, 0) is 9.59 Å². The highest BCUT2D eigenvalue weighted by Gasteiger charge is 2.38. The van der Waals surface area contributed by atoms with Crippen molar-refractivity contribution in [1.82, 2.24) is 10.2 Å². The van der Waals surface area contributed by atoms with Gasteiger partial charge >= 0.3 is 30.3 Å². The third-order valence-corrected chi connectivity index (χ3v) is 2.49. The van der Waals surface area contributed by atoms with E-state index in [9.17, 15) is 31.1 Å². The molecule has 8 nitrogen and oxygen atoms in total. The molecule has 1 heterocycles. The fourth-order valence-corrected chi connectivity index (χ4v) is 1.34. The molecule has 0 saturated carbocycles. The van der Waals surface area contributed by atoms with Crippen molar-refractivity contribution in [3.8, 4) is 0 Å². The molecule has 0 aliphatic carbocycles. The monoisotopic (exact) mass is 385 g/mol. The number of carboxylic acid groups (broad SMARTS) is 2. The van der Waals surface area contributed by atoms with E-state index in [2.05, 4.69) is 5.32 Å². The van der Waals surface area contributed by atoms with E-state index < -0.39 is 24.3 Å². The molecule has 0 aromatic heterocycles. The lowest BCUT2D eigenvalue weighted by Gasteiger charge is -2.24. The summed E-state index contributed by atoms with van der Waals surface area (Å²) in [5.41, 5.74) is 5.19. The summed E-state index contributed by atoms with van der Waals surface area (Å²) in [5.74, 6) is -5.51. The van der Waals surface area contributed by atoms with Crippen LogP contribution in [0.5, 0.6) is 0 Å². The molecule has 1 atom stereocenters. The zero-order chi connectivity index (χ0) is 20.4. The minimum Gasteiger partial charge on any atom is -0.475 e. The number of urea groups is 1. The molecule has 0 spiro atoms. The zero-order valence-electron chi connectivity index (χ0n) is 12.8. The Labute approximate surface area is 137 Å². The second kappa shape index (κ2) is 10.6. The number of aliphatic carboxylic acids is 2. The number of amides is 2. The van der Waals surface area contributed by atoms with E-state index in [0.717, 1.165) is 26.1 Å². The maximum Gasteiger partial charge on any atom is 0.490 e. The number of carboxylic acids is 2. The van der Waals surface area contributed by atoms with E-state index in [1.54, 1.807) is 4.90 Å². The van der Waals surface area contributed by atoms with Crippen LogP contribution in [0.1, 0.15) is 13.3 Å². The van der Waals surface area contributed by atoms with Crippen molar-refractivity contribution in [2.24, 2.45) is 5.73 Å². The lowest BCUT2D eigenvalue weighted by atomic mass is 10.3. The fraction of sp³-hybridized carbons (Fsp3) is 0.727. The van der Waals surface area contributed by atoms with Crippen LogP contribution in [-0.4, -0.2) is 71.1 Å². The molecule has 1 aliphatic rings. The fourth-order valence-electron chi connectivity index (χ4n) is 1.34. The van der Waals surface area contributed by atoms with Crippen LogP contribution < -0.4 is 11.1 Å². The van der Waals surface area contributed by atoms with Gasteiger partial charge in [0.25, 0.3) is 0 Å². The highest BCUT2D eigenvalue weighted by molar-refractivity contribution is 5.73. The van der Waals surface area contributed by atoms with E-state index in [-0.39, 0.29) is 12.1 Å². The van der Waals surface area contributed by atoms with Gasteiger partial charge in [0.05, 0.1) is 0 Å². The molecule has 1 aliphatic heterocycles. The molecule has 14 heteroatoms. The lowest BCUT2D eigenvalue weighted by Crippen LogP contribution is -2.44. The summed E-state index contributed by atoms with van der Waals surface area (Å²) < 4.78 is 63.5. The van der Waals surface area contributed by atoms with Gasteiger partial charge in [0.1, 0.15) is 0 Å². The predicted molar refractivity (Wildman–Crippen MR) is 70.6 cm³/mol. The van der Waals surface area contributed by atoms with Gasteiger partial charge in [0.15, 0.2) is 0 Å². The van der Waals surface area contributed by atoms with Crippen molar-refractivity contribution in [2.45, 2.75) is 31.7 Å². The van der Waals surface area contributed by atoms with E-state index in [0.29, 0.717) is 0 Å². The van der Waals surface area contributed by atoms with E-state index >= 15 is 0 Å².